The molecule has 0 unspecified atom stereocenters. The van der Waals surface area contributed by atoms with Gasteiger partial charge in [0.2, 0.25) is 0 Å². The molecule has 0 aliphatic carbocycles. The van der Waals surface area contributed by atoms with Crippen LogP contribution in [0.2, 0.25) is 0 Å². The highest BCUT2D eigenvalue weighted by atomic mass is 19.4. The van der Waals surface area contributed by atoms with Gasteiger partial charge in [0.1, 0.15) is 5.69 Å². The SMILES string of the molecule is COC(=O)c1ccc(-c2ccc(C(F)(F)F)cc2)n1C(C)C. The van der Waals surface area contributed by atoms with Gasteiger partial charge in [-0.25, -0.2) is 4.79 Å². The predicted molar refractivity (Wildman–Crippen MR) is 76.6 cm³/mol. The molecule has 0 N–H and O–H groups in total. The zero-order valence-electron chi connectivity index (χ0n) is 12.4. The summed E-state index contributed by atoms with van der Waals surface area (Å²) in [7, 11) is 1.29. The van der Waals surface area contributed by atoms with Gasteiger partial charge in [0.25, 0.3) is 0 Å². The van der Waals surface area contributed by atoms with Crippen molar-refractivity contribution in [2.24, 2.45) is 0 Å². The molecule has 0 saturated heterocycles. The number of carbonyl (C=O) groups is 1. The minimum atomic E-state index is -4.37. The van der Waals surface area contributed by atoms with Crippen LogP contribution >= 0.6 is 0 Å². The second-order valence-corrected chi connectivity index (χ2v) is 5.13. The van der Waals surface area contributed by atoms with Crippen LogP contribution in [0.1, 0.15) is 35.9 Å². The lowest BCUT2D eigenvalue weighted by Crippen LogP contribution is -2.13. The average molecular weight is 311 g/mol. The molecule has 0 amide bonds. The molecule has 6 heteroatoms. The molecule has 22 heavy (non-hydrogen) atoms. The maximum Gasteiger partial charge on any atom is 0.416 e. The van der Waals surface area contributed by atoms with Crippen molar-refractivity contribution < 1.29 is 22.7 Å². The molecule has 0 atom stereocenters. The third-order valence-electron chi connectivity index (χ3n) is 3.34. The first-order chi connectivity index (χ1) is 10.3. The number of nitrogens with zero attached hydrogens (tertiary/aromatic N) is 1. The summed E-state index contributed by atoms with van der Waals surface area (Å²) in [6.07, 6.45) is -4.37. The smallest absolute Gasteiger partial charge is 0.416 e. The molecule has 0 radical (unpaired) electrons. The summed E-state index contributed by atoms with van der Waals surface area (Å²) in [5.41, 5.74) is 0.945. The lowest BCUT2D eigenvalue weighted by Gasteiger charge is -2.16. The van der Waals surface area contributed by atoms with Crippen molar-refractivity contribution in [3.63, 3.8) is 0 Å². The number of carbonyl (C=O) groups excluding carboxylic acids is 1. The Hall–Kier alpha value is -2.24. The number of benzene rings is 1. The molecule has 2 aromatic rings. The van der Waals surface area contributed by atoms with Crippen molar-refractivity contribution in [3.8, 4) is 11.3 Å². The quantitative estimate of drug-likeness (QED) is 0.779. The normalized spacial score (nSPS) is 11.8. The first-order valence-corrected chi connectivity index (χ1v) is 6.73. The standard InChI is InChI=1S/C16H16F3NO2/c1-10(2)20-13(8-9-14(20)15(21)22-3)11-4-6-12(7-5-11)16(17,18)19/h4-10H,1-3H3. The number of halogens is 3. The third-order valence-corrected chi connectivity index (χ3v) is 3.34. The first-order valence-electron chi connectivity index (χ1n) is 6.73. The monoisotopic (exact) mass is 311 g/mol. The van der Waals surface area contributed by atoms with Crippen LogP contribution in [0.15, 0.2) is 36.4 Å². The van der Waals surface area contributed by atoms with Gasteiger partial charge < -0.3 is 9.30 Å². The van der Waals surface area contributed by atoms with E-state index in [-0.39, 0.29) is 6.04 Å². The van der Waals surface area contributed by atoms with E-state index in [1.165, 1.54) is 19.2 Å². The van der Waals surface area contributed by atoms with E-state index in [0.717, 1.165) is 12.1 Å². The van der Waals surface area contributed by atoms with Crippen LogP contribution in [0.25, 0.3) is 11.3 Å². The second kappa shape index (κ2) is 5.87. The zero-order chi connectivity index (χ0) is 16.5. The van der Waals surface area contributed by atoms with Crippen molar-refractivity contribution in [2.45, 2.75) is 26.1 Å². The van der Waals surface area contributed by atoms with Gasteiger partial charge in [-0.3, -0.25) is 0 Å². The Labute approximate surface area is 126 Å². The van der Waals surface area contributed by atoms with Gasteiger partial charge in [0.05, 0.1) is 12.7 Å². The number of esters is 1. The molecule has 0 fully saturated rings. The summed E-state index contributed by atoms with van der Waals surface area (Å²) in [6.45, 7) is 3.78. The topological polar surface area (TPSA) is 31.2 Å². The first kappa shape index (κ1) is 16.1. The lowest BCUT2D eigenvalue weighted by atomic mass is 10.1. The van der Waals surface area contributed by atoms with Crippen LogP contribution in [-0.2, 0) is 10.9 Å². The Morgan fingerprint density at radius 1 is 1.09 bits per heavy atom. The van der Waals surface area contributed by atoms with Crippen molar-refractivity contribution in [1.29, 1.82) is 0 Å². The molecule has 0 aliphatic heterocycles. The Kier molecular flexibility index (Phi) is 4.30. The van der Waals surface area contributed by atoms with E-state index in [1.54, 1.807) is 16.7 Å². The van der Waals surface area contributed by atoms with E-state index in [0.29, 0.717) is 17.0 Å². The van der Waals surface area contributed by atoms with Crippen LogP contribution < -0.4 is 0 Å². The minimum Gasteiger partial charge on any atom is -0.464 e. The fourth-order valence-electron chi connectivity index (χ4n) is 2.34. The molecule has 0 saturated carbocycles. The number of aromatic nitrogens is 1. The van der Waals surface area contributed by atoms with Gasteiger partial charge in [-0.05, 0) is 43.7 Å². The molecule has 0 aliphatic rings. The fourth-order valence-corrected chi connectivity index (χ4v) is 2.34. The molecule has 1 aromatic carbocycles. The predicted octanol–water partition coefficient (Wildman–Crippen LogP) is 4.54. The molecule has 0 bridgehead atoms. The number of hydrogen-bond donors (Lipinski definition) is 0. The van der Waals surface area contributed by atoms with Gasteiger partial charge in [0, 0.05) is 11.7 Å². The Morgan fingerprint density at radius 3 is 2.14 bits per heavy atom. The molecule has 118 valence electrons. The average Bonchev–Trinajstić information content (AvgIpc) is 2.90. The lowest BCUT2D eigenvalue weighted by molar-refractivity contribution is -0.137. The van der Waals surface area contributed by atoms with Gasteiger partial charge >= 0.3 is 12.1 Å². The highest BCUT2D eigenvalue weighted by molar-refractivity contribution is 5.89. The fraction of sp³-hybridized carbons (Fsp3) is 0.312. The number of methoxy groups -OCH3 is 1. The molecule has 2 rings (SSSR count). The van der Waals surface area contributed by atoms with E-state index in [1.807, 2.05) is 13.8 Å². The van der Waals surface area contributed by atoms with Crippen molar-refractivity contribution >= 4 is 5.97 Å². The van der Waals surface area contributed by atoms with Crippen LogP contribution in [0.4, 0.5) is 13.2 Å². The zero-order valence-corrected chi connectivity index (χ0v) is 12.4. The highest BCUT2D eigenvalue weighted by Crippen LogP contribution is 2.32. The third kappa shape index (κ3) is 3.00. The largest absolute Gasteiger partial charge is 0.464 e. The number of ether oxygens (including phenoxy) is 1. The second-order valence-electron chi connectivity index (χ2n) is 5.13. The van der Waals surface area contributed by atoms with E-state index >= 15 is 0 Å². The van der Waals surface area contributed by atoms with Gasteiger partial charge in [-0.1, -0.05) is 12.1 Å². The molecule has 0 spiro atoms. The van der Waals surface area contributed by atoms with Crippen LogP contribution in [0.3, 0.4) is 0 Å². The Bertz CT molecular complexity index is 670. The summed E-state index contributed by atoms with van der Waals surface area (Å²) in [4.78, 5) is 11.8. The number of alkyl halides is 3. The van der Waals surface area contributed by atoms with Crippen molar-refractivity contribution in [3.05, 3.63) is 47.7 Å². The van der Waals surface area contributed by atoms with Crippen LogP contribution in [0, 0.1) is 0 Å². The molecular weight excluding hydrogens is 295 g/mol. The summed E-state index contributed by atoms with van der Waals surface area (Å²) < 4.78 is 44.3. The molecule has 1 heterocycles. The van der Waals surface area contributed by atoms with E-state index < -0.39 is 17.7 Å². The van der Waals surface area contributed by atoms with Crippen LogP contribution in [-0.4, -0.2) is 17.6 Å². The maximum atomic E-state index is 12.6. The Morgan fingerprint density at radius 2 is 1.68 bits per heavy atom. The van der Waals surface area contributed by atoms with E-state index in [4.69, 9.17) is 4.74 Å². The molecule has 1 aromatic heterocycles. The maximum absolute atomic E-state index is 12.6. The summed E-state index contributed by atoms with van der Waals surface area (Å²) >= 11 is 0. The highest BCUT2D eigenvalue weighted by Gasteiger charge is 2.30. The summed E-state index contributed by atoms with van der Waals surface area (Å²) in [6, 6.07) is 8.14. The van der Waals surface area contributed by atoms with Gasteiger partial charge in [0.15, 0.2) is 0 Å². The van der Waals surface area contributed by atoms with Crippen LogP contribution in [0.5, 0.6) is 0 Å². The molecule has 3 nitrogen and oxygen atoms in total. The number of hydrogen-bond acceptors (Lipinski definition) is 2. The minimum absolute atomic E-state index is 0.0404. The summed E-state index contributed by atoms with van der Waals surface area (Å²) in [5, 5.41) is 0. The van der Waals surface area contributed by atoms with Gasteiger partial charge in [-0.2, -0.15) is 13.2 Å². The van der Waals surface area contributed by atoms with E-state index in [2.05, 4.69) is 0 Å². The number of rotatable bonds is 3. The van der Waals surface area contributed by atoms with Crippen molar-refractivity contribution in [1.82, 2.24) is 4.57 Å². The van der Waals surface area contributed by atoms with Gasteiger partial charge in [-0.15, -0.1) is 0 Å². The van der Waals surface area contributed by atoms with E-state index in [9.17, 15) is 18.0 Å². The van der Waals surface area contributed by atoms with Crippen molar-refractivity contribution in [2.75, 3.05) is 7.11 Å². The summed E-state index contributed by atoms with van der Waals surface area (Å²) in [5.74, 6) is -0.480. The molecular formula is C16H16F3NO2. The Balaban J connectivity index is 2.49.